The molecule has 1 heterocycles. The number of nitrogens with two attached hydrogens (primary N) is 1. The van der Waals surface area contributed by atoms with Gasteiger partial charge in [0.05, 0.1) is 6.10 Å². The van der Waals surface area contributed by atoms with E-state index in [0.29, 0.717) is 0 Å². The highest BCUT2D eigenvalue weighted by Gasteiger charge is 2.13. The van der Waals surface area contributed by atoms with Gasteiger partial charge >= 0.3 is 0 Å². The van der Waals surface area contributed by atoms with Crippen LogP contribution >= 0.6 is 0 Å². The second kappa shape index (κ2) is 3.65. The molecule has 0 aliphatic carbocycles. The molecule has 1 aromatic rings. The Morgan fingerprint density at radius 3 is 2.75 bits per heavy atom. The van der Waals surface area contributed by atoms with Crippen LogP contribution in [0.5, 0.6) is 0 Å². The lowest BCUT2D eigenvalue weighted by molar-refractivity contribution is 0.152. The molecule has 0 unspecified atom stereocenters. The molecule has 0 aliphatic rings. The summed E-state index contributed by atoms with van der Waals surface area (Å²) >= 11 is 0. The molecule has 3 heteroatoms. The number of aryl methyl sites for hydroxylation is 1. The molecular weight excluding hydrogens is 152 g/mol. The fraction of sp³-hybridized carbons (Fsp3) is 0.444. The second-order valence-corrected chi connectivity index (χ2v) is 3.04. The van der Waals surface area contributed by atoms with Crippen LogP contribution in [0.25, 0.3) is 0 Å². The lowest BCUT2D eigenvalue weighted by Gasteiger charge is -2.16. The molecule has 0 radical (unpaired) electrons. The van der Waals surface area contributed by atoms with Crippen molar-refractivity contribution >= 4 is 0 Å². The zero-order chi connectivity index (χ0) is 9.14. The van der Waals surface area contributed by atoms with Crippen LogP contribution in [0, 0.1) is 6.92 Å². The summed E-state index contributed by atoms with van der Waals surface area (Å²) in [6.07, 6.45) is 2.74. The maximum absolute atomic E-state index is 9.61. The molecule has 0 fully saturated rings. The van der Waals surface area contributed by atoms with Gasteiger partial charge in [0, 0.05) is 24.0 Å². The van der Waals surface area contributed by atoms with Gasteiger partial charge in [0.2, 0.25) is 0 Å². The van der Waals surface area contributed by atoms with Crippen molar-refractivity contribution < 1.29 is 5.11 Å². The van der Waals surface area contributed by atoms with Crippen LogP contribution in [0.1, 0.15) is 24.2 Å². The van der Waals surface area contributed by atoms with Gasteiger partial charge in [-0.05, 0) is 25.5 Å². The van der Waals surface area contributed by atoms with Gasteiger partial charge in [0.15, 0.2) is 0 Å². The minimum absolute atomic E-state index is 0.257. The molecule has 1 rings (SSSR count). The average Bonchev–Trinajstić information content (AvgIpc) is 2.04. The number of nitrogens with zero attached hydrogens (tertiary/aromatic N) is 1. The van der Waals surface area contributed by atoms with E-state index in [2.05, 4.69) is 4.98 Å². The summed E-state index contributed by atoms with van der Waals surface area (Å²) in [5.41, 5.74) is 7.39. The Kier molecular flexibility index (Phi) is 2.78. The van der Waals surface area contributed by atoms with Gasteiger partial charge in [-0.1, -0.05) is 0 Å². The molecule has 2 atom stereocenters. The Balaban J connectivity index is 2.94. The van der Waals surface area contributed by atoms with Crippen LogP contribution in [-0.4, -0.2) is 16.1 Å². The van der Waals surface area contributed by atoms with E-state index in [-0.39, 0.29) is 6.04 Å². The summed E-state index contributed by atoms with van der Waals surface area (Å²) in [7, 11) is 0. The monoisotopic (exact) mass is 166 g/mol. The Labute approximate surface area is 72.2 Å². The summed E-state index contributed by atoms with van der Waals surface area (Å²) in [5, 5.41) is 9.61. The predicted molar refractivity (Wildman–Crippen MR) is 47.6 cm³/mol. The van der Waals surface area contributed by atoms with Crippen molar-refractivity contribution in [1.82, 2.24) is 4.98 Å². The summed E-state index contributed by atoms with van der Waals surface area (Å²) < 4.78 is 0. The molecule has 0 aromatic carbocycles. The first kappa shape index (κ1) is 9.16. The lowest BCUT2D eigenvalue weighted by atomic mass is 10.0. The molecule has 0 spiro atoms. The van der Waals surface area contributed by atoms with Crippen molar-refractivity contribution in [3.8, 4) is 0 Å². The quantitative estimate of drug-likeness (QED) is 0.682. The minimum Gasteiger partial charge on any atom is -0.387 e. The summed E-state index contributed by atoms with van der Waals surface area (Å²) in [5.74, 6) is 0. The molecule has 3 nitrogen and oxygen atoms in total. The fourth-order valence-electron chi connectivity index (χ4n) is 1.07. The third kappa shape index (κ3) is 1.81. The SMILES string of the molecule is Cc1ccncc1[C@H](O)[C@@H](C)N. The fourth-order valence-corrected chi connectivity index (χ4v) is 1.07. The van der Waals surface area contributed by atoms with Gasteiger partial charge in [0.25, 0.3) is 0 Å². The Bertz CT molecular complexity index is 260. The van der Waals surface area contributed by atoms with Crippen LogP contribution in [-0.2, 0) is 0 Å². The van der Waals surface area contributed by atoms with Crippen LogP contribution in [0.2, 0.25) is 0 Å². The summed E-state index contributed by atoms with van der Waals surface area (Å²) in [6.45, 7) is 3.71. The molecule has 0 aliphatic heterocycles. The number of aliphatic hydroxyl groups excluding tert-OH is 1. The first-order valence-corrected chi connectivity index (χ1v) is 3.97. The van der Waals surface area contributed by atoms with Crippen LogP contribution in [0.15, 0.2) is 18.5 Å². The van der Waals surface area contributed by atoms with Crippen LogP contribution in [0.4, 0.5) is 0 Å². The lowest BCUT2D eigenvalue weighted by Crippen LogP contribution is -2.25. The molecular formula is C9H14N2O. The van der Waals surface area contributed by atoms with Crippen molar-refractivity contribution in [2.75, 3.05) is 0 Å². The Morgan fingerprint density at radius 1 is 1.58 bits per heavy atom. The average molecular weight is 166 g/mol. The molecule has 0 saturated carbocycles. The Morgan fingerprint density at radius 2 is 2.25 bits per heavy atom. The van der Waals surface area contributed by atoms with E-state index < -0.39 is 6.10 Å². The normalized spacial score (nSPS) is 15.7. The van der Waals surface area contributed by atoms with Gasteiger partial charge in [-0.15, -0.1) is 0 Å². The maximum atomic E-state index is 9.61. The molecule has 3 N–H and O–H groups in total. The number of hydrogen-bond donors (Lipinski definition) is 2. The van der Waals surface area contributed by atoms with Crippen molar-refractivity contribution in [3.63, 3.8) is 0 Å². The van der Waals surface area contributed by atoms with Gasteiger partial charge < -0.3 is 10.8 Å². The molecule has 0 amide bonds. The molecule has 1 aromatic heterocycles. The smallest absolute Gasteiger partial charge is 0.0955 e. The minimum atomic E-state index is -0.612. The molecule has 0 saturated heterocycles. The highest BCUT2D eigenvalue weighted by molar-refractivity contribution is 5.24. The van der Waals surface area contributed by atoms with Crippen molar-refractivity contribution in [2.45, 2.75) is 26.0 Å². The molecule has 12 heavy (non-hydrogen) atoms. The number of aromatic nitrogens is 1. The maximum Gasteiger partial charge on any atom is 0.0955 e. The number of rotatable bonds is 2. The van der Waals surface area contributed by atoms with E-state index in [1.54, 1.807) is 19.3 Å². The van der Waals surface area contributed by atoms with Crippen molar-refractivity contribution in [2.24, 2.45) is 5.73 Å². The summed E-state index contributed by atoms with van der Waals surface area (Å²) in [6, 6.07) is 1.61. The number of pyridine rings is 1. The number of hydrogen-bond acceptors (Lipinski definition) is 3. The van der Waals surface area contributed by atoms with E-state index in [1.165, 1.54) is 0 Å². The first-order chi connectivity index (χ1) is 5.63. The Hall–Kier alpha value is -0.930. The zero-order valence-electron chi connectivity index (χ0n) is 7.36. The number of aliphatic hydroxyl groups is 1. The standard InChI is InChI=1S/C9H14N2O/c1-6-3-4-11-5-8(6)9(12)7(2)10/h3-5,7,9,12H,10H2,1-2H3/t7-,9-/m1/s1. The highest BCUT2D eigenvalue weighted by Crippen LogP contribution is 2.17. The van der Waals surface area contributed by atoms with E-state index in [1.807, 2.05) is 13.0 Å². The van der Waals surface area contributed by atoms with E-state index >= 15 is 0 Å². The summed E-state index contributed by atoms with van der Waals surface area (Å²) in [4.78, 5) is 3.93. The van der Waals surface area contributed by atoms with Crippen molar-refractivity contribution in [1.29, 1.82) is 0 Å². The van der Waals surface area contributed by atoms with E-state index in [9.17, 15) is 5.11 Å². The van der Waals surface area contributed by atoms with Gasteiger partial charge in [-0.25, -0.2) is 0 Å². The van der Waals surface area contributed by atoms with Crippen molar-refractivity contribution in [3.05, 3.63) is 29.6 Å². The third-order valence-corrected chi connectivity index (χ3v) is 1.90. The van der Waals surface area contributed by atoms with E-state index in [4.69, 9.17) is 5.73 Å². The van der Waals surface area contributed by atoms with E-state index in [0.717, 1.165) is 11.1 Å². The van der Waals surface area contributed by atoms with Gasteiger partial charge in [-0.2, -0.15) is 0 Å². The molecule has 0 bridgehead atoms. The van der Waals surface area contributed by atoms with Gasteiger partial charge in [-0.3, -0.25) is 4.98 Å². The van der Waals surface area contributed by atoms with Crippen LogP contribution in [0.3, 0.4) is 0 Å². The predicted octanol–water partition coefficient (Wildman–Crippen LogP) is 0.771. The topological polar surface area (TPSA) is 59.1 Å². The third-order valence-electron chi connectivity index (χ3n) is 1.90. The largest absolute Gasteiger partial charge is 0.387 e. The van der Waals surface area contributed by atoms with Crippen LogP contribution < -0.4 is 5.73 Å². The van der Waals surface area contributed by atoms with Gasteiger partial charge in [0.1, 0.15) is 0 Å². The highest BCUT2D eigenvalue weighted by atomic mass is 16.3. The molecule has 66 valence electrons. The first-order valence-electron chi connectivity index (χ1n) is 3.97. The second-order valence-electron chi connectivity index (χ2n) is 3.04. The zero-order valence-corrected chi connectivity index (χ0v) is 7.36.